The van der Waals surface area contributed by atoms with E-state index in [1.165, 1.54) is 5.56 Å². The summed E-state index contributed by atoms with van der Waals surface area (Å²) in [6.45, 7) is 6.70. The summed E-state index contributed by atoms with van der Waals surface area (Å²) in [6.07, 6.45) is 1.96. The second kappa shape index (κ2) is 4.94. The molecular weight excluding hydrogens is 250 g/mol. The highest BCUT2D eigenvalue weighted by Crippen LogP contribution is 2.24. The Bertz CT molecular complexity index is 659. The fourth-order valence-electron chi connectivity index (χ4n) is 2.96. The molecule has 1 aromatic heterocycles. The third-order valence-electron chi connectivity index (χ3n) is 4.14. The summed E-state index contributed by atoms with van der Waals surface area (Å²) in [5, 5.41) is 4.37. The van der Waals surface area contributed by atoms with Crippen LogP contribution in [0.3, 0.4) is 0 Å². The van der Waals surface area contributed by atoms with Crippen molar-refractivity contribution in [3.8, 4) is 0 Å². The van der Waals surface area contributed by atoms with Crippen LogP contribution in [0.2, 0.25) is 0 Å². The minimum atomic E-state index is 0.147. The van der Waals surface area contributed by atoms with Crippen LogP contribution in [0.4, 0.5) is 0 Å². The van der Waals surface area contributed by atoms with Gasteiger partial charge in [0.15, 0.2) is 0 Å². The van der Waals surface area contributed by atoms with Gasteiger partial charge in [0.05, 0.1) is 5.56 Å². The highest BCUT2D eigenvalue weighted by Gasteiger charge is 2.26. The molecule has 2 heterocycles. The van der Waals surface area contributed by atoms with Crippen molar-refractivity contribution in [3.05, 3.63) is 35.5 Å². The fourth-order valence-corrected chi connectivity index (χ4v) is 2.96. The monoisotopic (exact) mass is 271 g/mol. The molecular formula is C16H21N3O. The van der Waals surface area contributed by atoms with Crippen LogP contribution in [0.15, 0.2) is 24.4 Å². The Hall–Kier alpha value is -1.81. The lowest BCUT2D eigenvalue weighted by Gasteiger charge is -2.33. The van der Waals surface area contributed by atoms with E-state index in [0.717, 1.165) is 36.1 Å². The summed E-state index contributed by atoms with van der Waals surface area (Å²) in [7, 11) is 2.00. The first-order valence-corrected chi connectivity index (χ1v) is 7.15. The van der Waals surface area contributed by atoms with Crippen LogP contribution in [-0.2, 0) is 7.05 Å². The molecule has 2 aromatic rings. The average molecular weight is 271 g/mol. The molecule has 0 unspecified atom stereocenters. The van der Waals surface area contributed by atoms with Crippen molar-refractivity contribution in [2.45, 2.75) is 19.9 Å². The number of aromatic nitrogens is 1. The number of piperazine rings is 1. The van der Waals surface area contributed by atoms with Crippen LogP contribution in [0.1, 0.15) is 22.8 Å². The molecule has 1 amide bonds. The number of nitrogens with zero attached hydrogens (tertiary/aromatic N) is 2. The first kappa shape index (κ1) is 13.2. The number of nitrogens with one attached hydrogen (secondary N) is 1. The van der Waals surface area contributed by atoms with E-state index < -0.39 is 0 Å². The molecule has 3 rings (SSSR count). The van der Waals surface area contributed by atoms with E-state index in [4.69, 9.17) is 0 Å². The van der Waals surface area contributed by atoms with Gasteiger partial charge in [-0.25, -0.2) is 0 Å². The average Bonchev–Trinajstić information content (AvgIpc) is 2.76. The van der Waals surface area contributed by atoms with Gasteiger partial charge in [0.25, 0.3) is 5.91 Å². The lowest BCUT2D eigenvalue weighted by Crippen LogP contribution is -2.52. The van der Waals surface area contributed by atoms with Gasteiger partial charge in [0.2, 0.25) is 0 Å². The standard InChI is InChI=1S/C16H21N3O/c1-11-4-5-13-14(10-18(3)15(13)8-11)16(20)19-7-6-17-9-12(19)2/h4-5,8,10,12,17H,6-7,9H2,1-3H3/t12-/m1/s1. The predicted molar refractivity (Wildman–Crippen MR) is 81.0 cm³/mol. The molecule has 1 saturated heterocycles. The zero-order chi connectivity index (χ0) is 14.3. The van der Waals surface area contributed by atoms with E-state index in [1.54, 1.807) is 0 Å². The Balaban J connectivity index is 2.03. The minimum absolute atomic E-state index is 0.147. The van der Waals surface area contributed by atoms with Crippen molar-refractivity contribution in [3.63, 3.8) is 0 Å². The van der Waals surface area contributed by atoms with Crippen LogP contribution in [0, 0.1) is 6.92 Å². The zero-order valence-corrected chi connectivity index (χ0v) is 12.3. The van der Waals surface area contributed by atoms with Gasteiger partial charge in [-0.2, -0.15) is 0 Å². The third-order valence-corrected chi connectivity index (χ3v) is 4.14. The second-order valence-electron chi connectivity index (χ2n) is 5.73. The topological polar surface area (TPSA) is 37.3 Å². The van der Waals surface area contributed by atoms with E-state index in [1.807, 2.05) is 22.7 Å². The first-order valence-electron chi connectivity index (χ1n) is 7.15. The molecule has 20 heavy (non-hydrogen) atoms. The number of carbonyl (C=O) groups excluding carboxylic acids is 1. The molecule has 0 saturated carbocycles. The van der Waals surface area contributed by atoms with Gasteiger partial charge in [0.1, 0.15) is 0 Å². The van der Waals surface area contributed by atoms with E-state index in [9.17, 15) is 4.79 Å². The van der Waals surface area contributed by atoms with Gasteiger partial charge in [-0.1, -0.05) is 12.1 Å². The summed E-state index contributed by atoms with van der Waals surface area (Å²) in [4.78, 5) is 14.8. The highest BCUT2D eigenvalue weighted by atomic mass is 16.2. The summed E-state index contributed by atoms with van der Waals surface area (Å²) in [5.41, 5.74) is 3.15. The molecule has 1 aromatic carbocycles. The van der Waals surface area contributed by atoms with E-state index in [2.05, 4.69) is 37.4 Å². The maximum Gasteiger partial charge on any atom is 0.256 e. The summed E-state index contributed by atoms with van der Waals surface area (Å²) < 4.78 is 2.04. The van der Waals surface area contributed by atoms with Gasteiger partial charge in [-0.3, -0.25) is 4.79 Å². The minimum Gasteiger partial charge on any atom is -0.350 e. The van der Waals surface area contributed by atoms with Crippen LogP contribution >= 0.6 is 0 Å². The Labute approximate surface area is 119 Å². The third kappa shape index (κ3) is 2.10. The lowest BCUT2D eigenvalue weighted by molar-refractivity contribution is 0.0657. The Morgan fingerprint density at radius 2 is 2.20 bits per heavy atom. The molecule has 0 radical (unpaired) electrons. The van der Waals surface area contributed by atoms with Crippen LogP contribution in [0.5, 0.6) is 0 Å². The number of amides is 1. The van der Waals surface area contributed by atoms with E-state index >= 15 is 0 Å². The zero-order valence-electron chi connectivity index (χ0n) is 12.3. The van der Waals surface area contributed by atoms with E-state index in [-0.39, 0.29) is 11.9 Å². The molecule has 0 spiro atoms. The van der Waals surface area contributed by atoms with Gasteiger partial charge in [-0.15, -0.1) is 0 Å². The number of benzene rings is 1. The fraction of sp³-hybridized carbons (Fsp3) is 0.438. The molecule has 1 N–H and O–H groups in total. The Morgan fingerprint density at radius 1 is 1.40 bits per heavy atom. The molecule has 0 bridgehead atoms. The number of rotatable bonds is 1. The summed E-state index contributed by atoms with van der Waals surface area (Å²) in [5.74, 6) is 0.147. The number of hydrogen-bond donors (Lipinski definition) is 1. The number of carbonyl (C=O) groups is 1. The normalized spacial score (nSPS) is 19.6. The number of hydrogen-bond acceptors (Lipinski definition) is 2. The van der Waals surface area contributed by atoms with E-state index in [0.29, 0.717) is 0 Å². The van der Waals surface area contributed by atoms with Gasteiger partial charge in [-0.05, 0) is 25.5 Å². The molecule has 1 fully saturated rings. The van der Waals surface area contributed by atoms with Crippen molar-refractivity contribution >= 4 is 16.8 Å². The van der Waals surface area contributed by atoms with Crippen molar-refractivity contribution in [1.82, 2.24) is 14.8 Å². The van der Waals surface area contributed by atoms with Crippen molar-refractivity contribution in [2.24, 2.45) is 7.05 Å². The number of fused-ring (bicyclic) bond motifs is 1. The summed E-state index contributed by atoms with van der Waals surface area (Å²) in [6, 6.07) is 6.51. The highest BCUT2D eigenvalue weighted by molar-refractivity contribution is 6.07. The Morgan fingerprint density at radius 3 is 2.95 bits per heavy atom. The predicted octanol–water partition coefficient (Wildman–Crippen LogP) is 1.92. The summed E-state index contributed by atoms with van der Waals surface area (Å²) >= 11 is 0. The van der Waals surface area contributed by atoms with Crippen LogP contribution in [0.25, 0.3) is 10.9 Å². The Kier molecular flexibility index (Phi) is 3.26. The van der Waals surface area contributed by atoms with Crippen molar-refractivity contribution in [1.29, 1.82) is 0 Å². The van der Waals surface area contributed by atoms with Crippen molar-refractivity contribution < 1.29 is 4.79 Å². The maximum absolute atomic E-state index is 12.8. The second-order valence-corrected chi connectivity index (χ2v) is 5.73. The quantitative estimate of drug-likeness (QED) is 0.860. The van der Waals surface area contributed by atoms with Gasteiger partial charge >= 0.3 is 0 Å². The molecule has 4 nitrogen and oxygen atoms in total. The first-order chi connectivity index (χ1) is 9.58. The number of aryl methyl sites for hydroxylation is 2. The SMILES string of the molecule is Cc1ccc2c(C(=O)N3CCNC[C@H]3C)cn(C)c2c1. The molecule has 1 aliphatic rings. The molecule has 1 atom stereocenters. The molecule has 0 aliphatic carbocycles. The van der Waals surface area contributed by atoms with Crippen molar-refractivity contribution in [2.75, 3.05) is 19.6 Å². The molecule has 4 heteroatoms. The smallest absolute Gasteiger partial charge is 0.256 e. The molecule has 106 valence electrons. The lowest BCUT2D eigenvalue weighted by atomic mass is 10.1. The van der Waals surface area contributed by atoms with Gasteiger partial charge in [0, 0.05) is 49.8 Å². The van der Waals surface area contributed by atoms with Gasteiger partial charge < -0.3 is 14.8 Å². The van der Waals surface area contributed by atoms with Crippen LogP contribution in [-0.4, -0.2) is 41.1 Å². The van der Waals surface area contributed by atoms with Crippen LogP contribution < -0.4 is 5.32 Å². The molecule has 1 aliphatic heterocycles. The maximum atomic E-state index is 12.8. The largest absolute Gasteiger partial charge is 0.350 e.